The smallest absolute Gasteiger partial charge is 0.311 e. The highest BCUT2D eigenvalue weighted by Crippen LogP contribution is 2.27. The Kier molecular flexibility index (Phi) is 5.72. The van der Waals surface area contributed by atoms with Gasteiger partial charge >= 0.3 is 5.97 Å². The lowest BCUT2D eigenvalue weighted by molar-refractivity contribution is -0.149. The minimum absolute atomic E-state index is 0.120. The van der Waals surface area contributed by atoms with Crippen molar-refractivity contribution < 1.29 is 14.7 Å². The van der Waals surface area contributed by atoms with Gasteiger partial charge in [-0.15, -0.1) is 11.3 Å². The number of hydrogen-bond donors (Lipinski definition) is 2. The van der Waals surface area contributed by atoms with Crippen molar-refractivity contribution in [2.24, 2.45) is 5.41 Å². The molecule has 1 aromatic carbocycles. The fourth-order valence-corrected chi connectivity index (χ4v) is 3.30. The molecule has 1 aromatic heterocycles. The molecular weight excluding hydrogens is 324 g/mol. The molecule has 128 valence electrons. The number of nitrogens with one attached hydrogen (secondary N) is 1. The Morgan fingerprint density at radius 3 is 2.54 bits per heavy atom. The van der Waals surface area contributed by atoms with Crippen molar-refractivity contribution in [3.05, 3.63) is 40.9 Å². The van der Waals surface area contributed by atoms with Gasteiger partial charge in [0, 0.05) is 28.7 Å². The third-order valence-corrected chi connectivity index (χ3v) is 5.39. The molecule has 0 saturated carbocycles. The molecular formula is C18H22N2O3S. The highest BCUT2D eigenvalue weighted by molar-refractivity contribution is 7.13. The summed E-state index contributed by atoms with van der Waals surface area (Å²) < 4.78 is 0. The number of benzene rings is 1. The van der Waals surface area contributed by atoms with E-state index in [2.05, 4.69) is 10.3 Å². The van der Waals surface area contributed by atoms with Crippen LogP contribution >= 0.6 is 11.3 Å². The van der Waals surface area contributed by atoms with Gasteiger partial charge in [-0.3, -0.25) is 9.59 Å². The summed E-state index contributed by atoms with van der Waals surface area (Å²) in [6, 6.07) is 7.23. The molecule has 2 N–H and O–H groups in total. The van der Waals surface area contributed by atoms with Crippen LogP contribution in [-0.2, 0) is 4.79 Å². The zero-order chi connectivity index (χ0) is 17.7. The van der Waals surface area contributed by atoms with Crippen LogP contribution in [0.15, 0.2) is 29.6 Å². The summed E-state index contributed by atoms with van der Waals surface area (Å²) in [6.07, 6.45) is 0.940. The number of carboxylic acids is 1. The van der Waals surface area contributed by atoms with E-state index >= 15 is 0 Å². The van der Waals surface area contributed by atoms with Crippen LogP contribution in [0.25, 0.3) is 10.6 Å². The van der Waals surface area contributed by atoms with Crippen molar-refractivity contribution >= 4 is 23.2 Å². The van der Waals surface area contributed by atoms with Gasteiger partial charge in [0.25, 0.3) is 5.91 Å². The van der Waals surface area contributed by atoms with Crippen LogP contribution in [0, 0.1) is 12.3 Å². The highest BCUT2D eigenvalue weighted by Gasteiger charge is 2.35. The Morgan fingerprint density at radius 2 is 2.00 bits per heavy atom. The third kappa shape index (κ3) is 3.82. The fourth-order valence-electron chi connectivity index (χ4n) is 2.51. The lowest BCUT2D eigenvalue weighted by Crippen LogP contribution is -2.42. The predicted octanol–water partition coefficient (Wildman–Crippen LogP) is 3.74. The Morgan fingerprint density at radius 1 is 1.29 bits per heavy atom. The molecule has 0 atom stereocenters. The van der Waals surface area contributed by atoms with E-state index in [-0.39, 0.29) is 12.5 Å². The Balaban J connectivity index is 2.14. The number of amides is 1. The Hall–Kier alpha value is -2.21. The van der Waals surface area contributed by atoms with Crippen LogP contribution in [0.2, 0.25) is 0 Å². The highest BCUT2D eigenvalue weighted by atomic mass is 32.1. The van der Waals surface area contributed by atoms with Crippen molar-refractivity contribution in [1.29, 1.82) is 0 Å². The zero-order valence-electron chi connectivity index (χ0n) is 14.1. The number of aryl methyl sites for hydroxylation is 1. The van der Waals surface area contributed by atoms with Crippen LogP contribution in [0.5, 0.6) is 0 Å². The van der Waals surface area contributed by atoms with E-state index in [1.807, 2.05) is 38.3 Å². The first-order valence-electron chi connectivity index (χ1n) is 7.96. The predicted molar refractivity (Wildman–Crippen MR) is 95.3 cm³/mol. The van der Waals surface area contributed by atoms with Crippen molar-refractivity contribution in [1.82, 2.24) is 10.3 Å². The quantitative estimate of drug-likeness (QED) is 0.800. The Bertz CT molecular complexity index is 735. The minimum atomic E-state index is -0.917. The molecule has 0 saturated heterocycles. The van der Waals surface area contributed by atoms with Crippen LogP contribution in [0.3, 0.4) is 0 Å². The van der Waals surface area contributed by atoms with E-state index in [4.69, 9.17) is 0 Å². The van der Waals surface area contributed by atoms with Gasteiger partial charge in [-0.2, -0.15) is 0 Å². The number of rotatable bonds is 7. The van der Waals surface area contributed by atoms with Crippen LogP contribution in [0.4, 0.5) is 0 Å². The molecule has 2 rings (SSSR count). The molecule has 1 amide bonds. The van der Waals surface area contributed by atoms with E-state index in [9.17, 15) is 14.7 Å². The molecule has 0 bridgehead atoms. The van der Waals surface area contributed by atoms with E-state index in [0.717, 1.165) is 16.3 Å². The molecule has 0 unspecified atom stereocenters. The number of hydrogen-bond acceptors (Lipinski definition) is 4. The fraction of sp³-hybridized carbons (Fsp3) is 0.389. The van der Waals surface area contributed by atoms with Gasteiger partial charge in [-0.05, 0) is 31.9 Å². The summed E-state index contributed by atoms with van der Waals surface area (Å²) in [4.78, 5) is 28.4. The summed E-state index contributed by atoms with van der Waals surface area (Å²) >= 11 is 1.53. The summed E-state index contributed by atoms with van der Waals surface area (Å²) in [7, 11) is 0. The van der Waals surface area contributed by atoms with Gasteiger partial charge < -0.3 is 10.4 Å². The Labute approximate surface area is 145 Å². The molecule has 0 aliphatic rings. The van der Waals surface area contributed by atoms with Crippen molar-refractivity contribution in [2.75, 3.05) is 6.54 Å². The molecule has 0 radical (unpaired) electrons. The number of aromatic nitrogens is 1. The second-order valence-corrected chi connectivity index (χ2v) is 6.71. The molecule has 24 heavy (non-hydrogen) atoms. The van der Waals surface area contributed by atoms with Crippen molar-refractivity contribution in [3.8, 4) is 10.6 Å². The SMILES string of the molecule is CCC(CC)(CNC(=O)c1cccc(-c2nc(C)cs2)c1)C(=O)O. The minimum Gasteiger partial charge on any atom is -0.481 e. The second-order valence-electron chi connectivity index (χ2n) is 5.85. The number of carbonyl (C=O) groups excluding carboxylic acids is 1. The normalized spacial score (nSPS) is 11.3. The second kappa shape index (κ2) is 7.57. The van der Waals surface area contributed by atoms with Gasteiger partial charge in [-0.25, -0.2) is 4.98 Å². The molecule has 0 spiro atoms. The van der Waals surface area contributed by atoms with Crippen LogP contribution < -0.4 is 5.32 Å². The topological polar surface area (TPSA) is 79.3 Å². The van der Waals surface area contributed by atoms with Crippen molar-refractivity contribution in [2.45, 2.75) is 33.6 Å². The van der Waals surface area contributed by atoms with Gasteiger partial charge in [0.15, 0.2) is 0 Å². The van der Waals surface area contributed by atoms with Gasteiger partial charge in [0.05, 0.1) is 5.41 Å². The lowest BCUT2D eigenvalue weighted by atomic mass is 9.82. The zero-order valence-corrected chi connectivity index (χ0v) is 14.9. The van der Waals surface area contributed by atoms with E-state index < -0.39 is 11.4 Å². The molecule has 2 aromatic rings. The summed E-state index contributed by atoms with van der Waals surface area (Å²) in [6.45, 7) is 5.71. The number of carbonyl (C=O) groups is 2. The first kappa shape index (κ1) is 18.1. The van der Waals surface area contributed by atoms with Gasteiger partial charge in [0.1, 0.15) is 5.01 Å². The van der Waals surface area contributed by atoms with Gasteiger partial charge in [-0.1, -0.05) is 26.0 Å². The van der Waals surface area contributed by atoms with E-state index in [1.165, 1.54) is 11.3 Å². The maximum absolute atomic E-state index is 12.4. The summed E-state index contributed by atoms with van der Waals surface area (Å²) in [5.41, 5.74) is 1.42. The number of thiazole rings is 1. The summed E-state index contributed by atoms with van der Waals surface area (Å²) in [5.74, 6) is -1.14. The number of carboxylic acid groups (broad SMARTS) is 1. The summed E-state index contributed by atoms with van der Waals surface area (Å²) in [5, 5.41) is 15.0. The largest absolute Gasteiger partial charge is 0.481 e. The molecule has 0 aliphatic carbocycles. The number of aliphatic carboxylic acids is 1. The number of nitrogens with zero attached hydrogens (tertiary/aromatic N) is 1. The molecule has 0 fully saturated rings. The monoisotopic (exact) mass is 346 g/mol. The van der Waals surface area contributed by atoms with E-state index in [0.29, 0.717) is 18.4 Å². The first-order valence-corrected chi connectivity index (χ1v) is 8.84. The molecule has 5 nitrogen and oxygen atoms in total. The third-order valence-electron chi connectivity index (χ3n) is 4.39. The van der Waals surface area contributed by atoms with E-state index in [1.54, 1.807) is 12.1 Å². The lowest BCUT2D eigenvalue weighted by Gasteiger charge is -2.26. The molecule has 1 heterocycles. The average Bonchev–Trinajstić information content (AvgIpc) is 3.02. The standard InChI is InChI=1S/C18H22N2O3S/c1-4-18(5-2,17(22)23)11-19-15(21)13-7-6-8-14(9-13)16-20-12(3)10-24-16/h6-10H,4-5,11H2,1-3H3,(H,19,21)(H,22,23). The maximum atomic E-state index is 12.4. The van der Waals surface area contributed by atoms with Crippen molar-refractivity contribution in [3.63, 3.8) is 0 Å². The average molecular weight is 346 g/mol. The van der Waals surface area contributed by atoms with Crippen LogP contribution in [-0.4, -0.2) is 28.5 Å². The maximum Gasteiger partial charge on any atom is 0.311 e. The van der Waals surface area contributed by atoms with Gasteiger partial charge in [0.2, 0.25) is 0 Å². The molecule has 6 heteroatoms. The first-order chi connectivity index (χ1) is 11.4. The van der Waals surface area contributed by atoms with Crippen LogP contribution in [0.1, 0.15) is 42.7 Å². The molecule has 0 aliphatic heterocycles.